The molecule has 0 spiro atoms. The van der Waals surface area contributed by atoms with Crippen molar-refractivity contribution in [3.63, 3.8) is 0 Å². The number of rotatable bonds is 6. The van der Waals surface area contributed by atoms with Gasteiger partial charge in [-0.15, -0.1) is 0 Å². The summed E-state index contributed by atoms with van der Waals surface area (Å²) < 4.78 is 4.96. The van der Waals surface area contributed by atoms with Crippen LogP contribution in [-0.4, -0.2) is 29.9 Å². The number of hydrogen-bond acceptors (Lipinski definition) is 4. The Morgan fingerprint density at radius 3 is 2.19 bits per heavy atom. The Hall–Kier alpha value is -2.37. The van der Waals surface area contributed by atoms with Gasteiger partial charge >= 0.3 is 5.97 Å². The van der Waals surface area contributed by atoms with Crippen molar-refractivity contribution in [1.82, 2.24) is 5.32 Å². The fourth-order valence-electron chi connectivity index (χ4n) is 3.47. The number of amides is 2. The van der Waals surface area contributed by atoms with E-state index in [0.717, 1.165) is 12.8 Å². The molecule has 1 aliphatic carbocycles. The first-order chi connectivity index (χ1) is 12.6. The van der Waals surface area contributed by atoms with E-state index in [1.54, 1.807) is 31.2 Å². The first-order valence-corrected chi connectivity index (χ1v) is 9.55. The Balaban J connectivity index is 2.06. The van der Waals surface area contributed by atoms with Crippen LogP contribution >= 0.6 is 0 Å². The Morgan fingerprint density at radius 2 is 1.67 bits per heavy atom. The van der Waals surface area contributed by atoms with Crippen LogP contribution in [0.25, 0.3) is 0 Å². The highest BCUT2D eigenvalue weighted by Crippen LogP contribution is 2.42. The zero-order chi connectivity index (χ0) is 20.1. The van der Waals surface area contributed by atoms with Gasteiger partial charge in [0.1, 0.15) is 0 Å². The maximum absolute atomic E-state index is 13.0. The summed E-state index contributed by atoms with van der Waals surface area (Å²) >= 11 is 0. The second-order valence-electron chi connectivity index (χ2n) is 8.21. The molecule has 0 unspecified atom stereocenters. The number of anilines is 1. The highest BCUT2D eigenvalue weighted by atomic mass is 16.5. The Labute approximate surface area is 161 Å². The molecule has 1 aromatic rings. The van der Waals surface area contributed by atoms with Crippen molar-refractivity contribution in [3.8, 4) is 0 Å². The van der Waals surface area contributed by atoms with Gasteiger partial charge in [-0.1, -0.05) is 12.8 Å². The SMILES string of the molecule is CCOC(=O)c1ccc(NC(=O)C2(CC(=O)NC(C)(C)C)CCCC2)cc1. The largest absolute Gasteiger partial charge is 0.462 e. The first-order valence-electron chi connectivity index (χ1n) is 9.55. The molecule has 6 nitrogen and oxygen atoms in total. The summed E-state index contributed by atoms with van der Waals surface area (Å²) in [6, 6.07) is 6.62. The number of carbonyl (C=O) groups excluding carboxylic acids is 3. The van der Waals surface area contributed by atoms with Crippen molar-refractivity contribution in [2.75, 3.05) is 11.9 Å². The third kappa shape index (κ3) is 5.81. The highest BCUT2D eigenvalue weighted by molar-refractivity contribution is 5.98. The zero-order valence-corrected chi connectivity index (χ0v) is 16.7. The van der Waals surface area contributed by atoms with E-state index in [4.69, 9.17) is 4.74 Å². The molecule has 148 valence electrons. The molecular weight excluding hydrogens is 344 g/mol. The molecule has 0 bridgehead atoms. The van der Waals surface area contributed by atoms with Gasteiger partial charge in [0.2, 0.25) is 11.8 Å². The number of nitrogens with one attached hydrogen (secondary N) is 2. The second kappa shape index (κ2) is 8.55. The van der Waals surface area contributed by atoms with Gasteiger partial charge in [0, 0.05) is 17.6 Å². The van der Waals surface area contributed by atoms with Gasteiger partial charge in [-0.05, 0) is 64.8 Å². The van der Waals surface area contributed by atoms with E-state index in [0.29, 0.717) is 30.7 Å². The molecule has 2 amide bonds. The molecule has 0 atom stereocenters. The molecule has 0 aliphatic heterocycles. The van der Waals surface area contributed by atoms with Crippen LogP contribution in [0.4, 0.5) is 5.69 Å². The van der Waals surface area contributed by atoms with E-state index in [2.05, 4.69) is 10.6 Å². The van der Waals surface area contributed by atoms with Crippen molar-refractivity contribution < 1.29 is 19.1 Å². The number of hydrogen-bond donors (Lipinski definition) is 2. The first kappa shape index (κ1) is 20.9. The lowest BCUT2D eigenvalue weighted by atomic mass is 9.81. The van der Waals surface area contributed by atoms with Crippen LogP contribution in [0.5, 0.6) is 0 Å². The summed E-state index contributed by atoms with van der Waals surface area (Å²) in [4.78, 5) is 37.1. The summed E-state index contributed by atoms with van der Waals surface area (Å²) in [5.41, 5.74) is 0.0522. The summed E-state index contributed by atoms with van der Waals surface area (Å²) in [6.07, 6.45) is 3.49. The van der Waals surface area contributed by atoms with E-state index < -0.39 is 5.41 Å². The van der Waals surface area contributed by atoms with Gasteiger partial charge in [0.05, 0.1) is 17.6 Å². The average Bonchev–Trinajstić information content (AvgIpc) is 3.03. The quantitative estimate of drug-likeness (QED) is 0.744. The van der Waals surface area contributed by atoms with E-state index in [1.807, 2.05) is 20.8 Å². The minimum absolute atomic E-state index is 0.0998. The predicted octanol–water partition coefficient (Wildman–Crippen LogP) is 3.67. The number of esters is 1. The monoisotopic (exact) mass is 374 g/mol. The minimum atomic E-state index is -0.671. The van der Waals surface area contributed by atoms with E-state index in [9.17, 15) is 14.4 Å². The Bertz CT molecular complexity index is 683. The molecule has 6 heteroatoms. The highest BCUT2D eigenvalue weighted by Gasteiger charge is 2.43. The van der Waals surface area contributed by atoms with Gasteiger partial charge in [-0.3, -0.25) is 9.59 Å². The molecule has 2 rings (SSSR count). The van der Waals surface area contributed by atoms with Gasteiger partial charge in [-0.2, -0.15) is 0 Å². The zero-order valence-electron chi connectivity index (χ0n) is 16.7. The number of benzene rings is 1. The van der Waals surface area contributed by atoms with Crippen molar-refractivity contribution in [3.05, 3.63) is 29.8 Å². The van der Waals surface area contributed by atoms with Crippen LogP contribution in [0.1, 0.15) is 70.2 Å². The normalized spacial score (nSPS) is 15.9. The fourth-order valence-corrected chi connectivity index (χ4v) is 3.47. The van der Waals surface area contributed by atoms with Crippen LogP contribution in [0, 0.1) is 5.41 Å². The third-order valence-corrected chi connectivity index (χ3v) is 4.71. The molecular formula is C21H30N2O4. The Morgan fingerprint density at radius 1 is 1.07 bits per heavy atom. The van der Waals surface area contributed by atoms with Crippen LogP contribution in [-0.2, 0) is 14.3 Å². The van der Waals surface area contributed by atoms with E-state index >= 15 is 0 Å². The maximum atomic E-state index is 13.0. The van der Waals surface area contributed by atoms with Crippen molar-refractivity contribution >= 4 is 23.5 Å². The predicted molar refractivity (Wildman–Crippen MR) is 104 cm³/mol. The number of carbonyl (C=O) groups is 3. The van der Waals surface area contributed by atoms with E-state index in [1.165, 1.54) is 0 Å². The topological polar surface area (TPSA) is 84.5 Å². The van der Waals surface area contributed by atoms with Crippen LogP contribution in [0.2, 0.25) is 0 Å². The van der Waals surface area contributed by atoms with Gasteiger partial charge in [0.15, 0.2) is 0 Å². The molecule has 1 aliphatic rings. The van der Waals surface area contributed by atoms with Crippen molar-refractivity contribution in [1.29, 1.82) is 0 Å². The lowest BCUT2D eigenvalue weighted by Gasteiger charge is -2.29. The Kier molecular flexibility index (Phi) is 6.63. The third-order valence-electron chi connectivity index (χ3n) is 4.71. The molecule has 0 aromatic heterocycles. The summed E-state index contributed by atoms with van der Waals surface area (Å²) in [6.45, 7) is 7.85. The van der Waals surface area contributed by atoms with Crippen molar-refractivity contribution in [2.45, 2.75) is 65.3 Å². The lowest BCUT2D eigenvalue weighted by Crippen LogP contribution is -2.45. The standard InChI is InChI=1S/C21H30N2O4/c1-5-27-18(25)15-8-10-16(11-9-15)22-19(26)21(12-6-7-13-21)14-17(24)23-20(2,3)4/h8-11H,5-7,12-14H2,1-4H3,(H,22,26)(H,23,24). The molecule has 0 heterocycles. The van der Waals surface area contributed by atoms with Gasteiger partial charge in [0.25, 0.3) is 0 Å². The van der Waals surface area contributed by atoms with Gasteiger partial charge < -0.3 is 15.4 Å². The van der Waals surface area contributed by atoms with E-state index in [-0.39, 0.29) is 29.7 Å². The molecule has 0 saturated heterocycles. The summed E-state index contributed by atoms with van der Waals surface area (Å²) in [5.74, 6) is -0.619. The van der Waals surface area contributed by atoms with Crippen LogP contribution in [0.15, 0.2) is 24.3 Å². The van der Waals surface area contributed by atoms with Crippen molar-refractivity contribution in [2.24, 2.45) is 5.41 Å². The van der Waals surface area contributed by atoms with Crippen LogP contribution < -0.4 is 10.6 Å². The summed E-state index contributed by atoms with van der Waals surface area (Å²) in [5, 5.41) is 5.87. The maximum Gasteiger partial charge on any atom is 0.338 e. The minimum Gasteiger partial charge on any atom is -0.462 e. The molecule has 1 aromatic carbocycles. The lowest BCUT2D eigenvalue weighted by molar-refractivity contribution is -0.133. The molecule has 0 radical (unpaired) electrons. The fraction of sp³-hybridized carbons (Fsp3) is 0.571. The molecule has 27 heavy (non-hydrogen) atoms. The average molecular weight is 374 g/mol. The molecule has 1 fully saturated rings. The molecule has 2 N–H and O–H groups in total. The summed E-state index contributed by atoms with van der Waals surface area (Å²) in [7, 11) is 0. The smallest absolute Gasteiger partial charge is 0.338 e. The van der Waals surface area contributed by atoms with Gasteiger partial charge in [-0.25, -0.2) is 4.79 Å². The van der Waals surface area contributed by atoms with Crippen LogP contribution in [0.3, 0.4) is 0 Å². The molecule has 1 saturated carbocycles. The number of ether oxygens (including phenoxy) is 1. The second-order valence-corrected chi connectivity index (χ2v) is 8.21.